The highest BCUT2D eigenvalue weighted by Gasteiger charge is 2.19. The zero-order valence-electron chi connectivity index (χ0n) is 13.4. The van der Waals surface area contributed by atoms with Crippen LogP contribution in [0.3, 0.4) is 0 Å². The highest BCUT2D eigenvalue weighted by molar-refractivity contribution is 5.48. The minimum absolute atomic E-state index is 0.0692. The van der Waals surface area contributed by atoms with Crippen LogP contribution in [0, 0.1) is 0 Å². The Hall–Kier alpha value is -1.36. The van der Waals surface area contributed by atoms with Crippen LogP contribution < -0.4 is 10.6 Å². The zero-order valence-corrected chi connectivity index (χ0v) is 13.4. The summed E-state index contributed by atoms with van der Waals surface area (Å²) < 4.78 is 5.33. The molecule has 0 unspecified atom stereocenters. The molecule has 0 spiro atoms. The molecule has 5 heteroatoms. The average molecular weight is 280 g/mol. The van der Waals surface area contributed by atoms with Gasteiger partial charge in [-0.2, -0.15) is 0 Å². The van der Waals surface area contributed by atoms with Crippen LogP contribution in [0.5, 0.6) is 0 Å². The molecule has 0 aliphatic carbocycles. The Morgan fingerprint density at radius 3 is 2.15 bits per heavy atom. The van der Waals surface area contributed by atoms with Crippen molar-refractivity contribution in [3.8, 4) is 0 Å². The minimum Gasteiger partial charge on any atom is -0.380 e. The predicted molar refractivity (Wildman–Crippen MR) is 84.5 cm³/mol. The van der Waals surface area contributed by atoms with E-state index in [4.69, 9.17) is 4.74 Å². The van der Waals surface area contributed by atoms with Gasteiger partial charge in [-0.25, -0.2) is 9.97 Å². The molecule has 0 aromatic carbocycles. The van der Waals surface area contributed by atoms with Gasteiger partial charge in [0.15, 0.2) is 0 Å². The molecular weight excluding hydrogens is 252 g/mol. The van der Waals surface area contributed by atoms with Gasteiger partial charge in [-0.3, -0.25) is 0 Å². The monoisotopic (exact) mass is 280 g/mol. The van der Waals surface area contributed by atoms with Crippen LogP contribution in [-0.4, -0.2) is 36.3 Å². The Morgan fingerprint density at radius 1 is 1.05 bits per heavy atom. The molecule has 5 nitrogen and oxygen atoms in total. The molecule has 0 saturated heterocycles. The molecule has 1 aromatic rings. The van der Waals surface area contributed by atoms with E-state index < -0.39 is 0 Å². The van der Waals surface area contributed by atoms with Gasteiger partial charge < -0.3 is 15.4 Å². The molecule has 0 saturated carbocycles. The van der Waals surface area contributed by atoms with Crippen LogP contribution in [0.15, 0.2) is 6.07 Å². The lowest BCUT2D eigenvalue weighted by Crippen LogP contribution is -2.19. The fourth-order valence-corrected chi connectivity index (χ4v) is 1.61. The van der Waals surface area contributed by atoms with Crippen LogP contribution >= 0.6 is 0 Å². The zero-order chi connectivity index (χ0) is 15.0. The maximum Gasteiger partial charge on any atom is 0.138 e. The Kier molecular flexibility index (Phi) is 6.71. The van der Waals surface area contributed by atoms with E-state index in [0.717, 1.165) is 43.6 Å². The lowest BCUT2D eigenvalue weighted by Gasteiger charge is -2.19. The van der Waals surface area contributed by atoms with Gasteiger partial charge in [0.1, 0.15) is 17.5 Å². The summed E-state index contributed by atoms with van der Waals surface area (Å²) in [4.78, 5) is 9.19. The Labute approximate surface area is 122 Å². The number of hydrogen-bond donors (Lipinski definition) is 2. The summed E-state index contributed by atoms with van der Waals surface area (Å²) in [6.07, 6.45) is 1.07. The molecule has 2 N–H and O–H groups in total. The summed E-state index contributed by atoms with van der Waals surface area (Å²) in [5.74, 6) is 2.58. The van der Waals surface area contributed by atoms with Gasteiger partial charge in [0, 0.05) is 31.2 Å². The van der Waals surface area contributed by atoms with E-state index in [0.29, 0.717) is 6.61 Å². The van der Waals surface area contributed by atoms with Crippen LogP contribution in [0.25, 0.3) is 0 Å². The molecule has 20 heavy (non-hydrogen) atoms. The highest BCUT2D eigenvalue weighted by Crippen LogP contribution is 2.22. The summed E-state index contributed by atoms with van der Waals surface area (Å²) in [6, 6.07) is 1.96. The van der Waals surface area contributed by atoms with Crippen molar-refractivity contribution in [2.45, 2.75) is 46.5 Å². The summed E-state index contributed by atoms with van der Waals surface area (Å²) in [6.45, 7) is 13.6. The fraction of sp³-hybridized carbons (Fsp3) is 0.733. The number of anilines is 2. The van der Waals surface area contributed by atoms with E-state index in [1.165, 1.54) is 0 Å². The SMILES string of the molecule is CCCNc1cc(NCCOCC)nc(C(C)(C)C)n1. The lowest BCUT2D eigenvalue weighted by atomic mass is 9.96. The first kappa shape index (κ1) is 16.7. The van der Waals surface area contributed by atoms with E-state index in [-0.39, 0.29) is 5.41 Å². The Morgan fingerprint density at radius 2 is 1.65 bits per heavy atom. The number of hydrogen-bond acceptors (Lipinski definition) is 5. The molecule has 0 fully saturated rings. The third kappa shape index (κ3) is 5.74. The second-order valence-electron chi connectivity index (χ2n) is 5.76. The van der Waals surface area contributed by atoms with Crippen molar-refractivity contribution < 1.29 is 4.74 Å². The number of nitrogens with one attached hydrogen (secondary N) is 2. The molecular formula is C15H28N4O. The van der Waals surface area contributed by atoms with Gasteiger partial charge >= 0.3 is 0 Å². The maximum atomic E-state index is 5.33. The first-order chi connectivity index (χ1) is 9.47. The molecule has 0 radical (unpaired) electrons. The normalized spacial score (nSPS) is 11.4. The number of ether oxygens (including phenoxy) is 1. The third-order valence-corrected chi connectivity index (χ3v) is 2.71. The van der Waals surface area contributed by atoms with E-state index in [2.05, 4.69) is 48.3 Å². The van der Waals surface area contributed by atoms with Crippen molar-refractivity contribution in [2.24, 2.45) is 0 Å². The standard InChI is InChI=1S/C15H28N4O/c1-6-8-16-12-11-13(17-9-10-20-7-2)19-14(18-12)15(3,4)5/h11H,6-10H2,1-5H3,(H2,16,17,18,19). The molecule has 0 aliphatic heterocycles. The van der Waals surface area contributed by atoms with Crippen molar-refractivity contribution in [3.63, 3.8) is 0 Å². The molecule has 1 heterocycles. The second kappa shape index (κ2) is 8.04. The lowest BCUT2D eigenvalue weighted by molar-refractivity contribution is 0.158. The Bertz CT molecular complexity index is 401. The van der Waals surface area contributed by atoms with Crippen LogP contribution in [-0.2, 0) is 10.2 Å². The molecule has 0 aliphatic rings. The fourth-order valence-electron chi connectivity index (χ4n) is 1.61. The largest absolute Gasteiger partial charge is 0.380 e. The predicted octanol–water partition coefficient (Wildman–Crippen LogP) is 3.04. The van der Waals surface area contributed by atoms with Gasteiger partial charge in [0.05, 0.1) is 6.61 Å². The summed E-state index contributed by atoms with van der Waals surface area (Å²) in [7, 11) is 0. The van der Waals surface area contributed by atoms with Crippen LogP contribution in [0.2, 0.25) is 0 Å². The Balaban J connectivity index is 2.80. The first-order valence-corrected chi connectivity index (χ1v) is 7.42. The van der Waals surface area contributed by atoms with E-state index in [1.54, 1.807) is 0 Å². The molecule has 0 atom stereocenters. The van der Waals surface area contributed by atoms with Gasteiger partial charge in [0.2, 0.25) is 0 Å². The summed E-state index contributed by atoms with van der Waals surface area (Å²) >= 11 is 0. The van der Waals surface area contributed by atoms with Crippen molar-refractivity contribution in [2.75, 3.05) is 36.9 Å². The highest BCUT2D eigenvalue weighted by atomic mass is 16.5. The van der Waals surface area contributed by atoms with Crippen molar-refractivity contribution in [3.05, 3.63) is 11.9 Å². The van der Waals surface area contributed by atoms with Crippen molar-refractivity contribution in [1.82, 2.24) is 9.97 Å². The average Bonchev–Trinajstić information content (AvgIpc) is 2.40. The molecule has 0 bridgehead atoms. The molecule has 114 valence electrons. The van der Waals surface area contributed by atoms with Gasteiger partial charge in [-0.1, -0.05) is 27.7 Å². The maximum absolute atomic E-state index is 5.33. The minimum atomic E-state index is -0.0692. The van der Waals surface area contributed by atoms with Crippen molar-refractivity contribution in [1.29, 1.82) is 0 Å². The van der Waals surface area contributed by atoms with Gasteiger partial charge in [0.25, 0.3) is 0 Å². The topological polar surface area (TPSA) is 59.1 Å². The molecule has 1 aromatic heterocycles. The molecule has 0 amide bonds. The number of aromatic nitrogens is 2. The van der Waals surface area contributed by atoms with E-state index >= 15 is 0 Å². The van der Waals surface area contributed by atoms with Gasteiger partial charge in [-0.05, 0) is 13.3 Å². The molecule has 1 rings (SSSR count). The summed E-state index contributed by atoms with van der Waals surface area (Å²) in [5, 5.41) is 6.62. The summed E-state index contributed by atoms with van der Waals surface area (Å²) in [5.41, 5.74) is -0.0692. The quantitative estimate of drug-likeness (QED) is 0.717. The van der Waals surface area contributed by atoms with E-state index in [1.807, 2.05) is 13.0 Å². The van der Waals surface area contributed by atoms with Crippen molar-refractivity contribution >= 4 is 11.6 Å². The second-order valence-corrected chi connectivity index (χ2v) is 5.76. The van der Waals surface area contributed by atoms with E-state index in [9.17, 15) is 0 Å². The van der Waals surface area contributed by atoms with Crippen LogP contribution in [0.4, 0.5) is 11.6 Å². The third-order valence-electron chi connectivity index (χ3n) is 2.71. The first-order valence-electron chi connectivity index (χ1n) is 7.42. The van der Waals surface area contributed by atoms with Gasteiger partial charge in [-0.15, -0.1) is 0 Å². The number of rotatable bonds is 8. The number of nitrogens with zero attached hydrogens (tertiary/aromatic N) is 2. The smallest absolute Gasteiger partial charge is 0.138 e. The van der Waals surface area contributed by atoms with Crippen LogP contribution in [0.1, 0.15) is 46.9 Å².